The highest BCUT2D eigenvalue weighted by Crippen LogP contribution is 2.51. The Bertz CT molecular complexity index is 228. The quantitative estimate of drug-likeness (QED) is 0.436. The van der Waals surface area contributed by atoms with Gasteiger partial charge in [-0.2, -0.15) is 4.99 Å². The predicted molar refractivity (Wildman–Crippen MR) is 48.7 cm³/mol. The number of carbonyl (C=O) groups excluding carboxylic acids is 1. The smallest absolute Gasteiger partial charge is 0.211 e. The van der Waals surface area contributed by atoms with Crippen molar-refractivity contribution in [3.8, 4) is 0 Å². The molecule has 0 aromatic heterocycles. The van der Waals surface area contributed by atoms with E-state index in [1.165, 1.54) is 0 Å². The maximum absolute atomic E-state index is 10.3. The zero-order chi connectivity index (χ0) is 9.41. The minimum absolute atomic E-state index is 0.129. The summed E-state index contributed by atoms with van der Waals surface area (Å²) in [6.45, 7) is 8.66. The maximum atomic E-state index is 10.3. The summed E-state index contributed by atoms with van der Waals surface area (Å²) in [5.41, 5.74) is -0.0570. The Hall–Kier alpha value is -0.620. The topological polar surface area (TPSA) is 29.4 Å². The van der Waals surface area contributed by atoms with Gasteiger partial charge in [-0.1, -0.05) is 20.8 Å². The van der Waals surface area contributed by atoms with Crippen LogP contribution in [0, 0.1) is 11.3 Å². The molecule has 1 aliphatic rings. The van der Waals surface area contributed by atoms with Crippen LogP contribution >= 0.6 is 0 Å². The van der Waals surface area contributed by atoms with Crippen LogP contribution in [0.3, 0.4) is 0 Å². The Kier molecular flexibility index (Phi) is 2.13. The highest BCUT2D eigenvalue weighted by Gasteiger charge is 2.49. The minimum atomic E-state index is -0.186. The lowest BCUT2D eigenvalue weighted by atomic mass is 9.72. The van der Waals surface area contributed by atoms with Crippen LogP contribution < -0.4 is 0 Å². The molecular formula is C10H17NO. The lowest BCUT2D eigenvalue weighted by Crippen LogP contribution is -2.37. The first-order valence-corrected chi connectivity index (χ1v) is 4.53. The Morgan fingerprint density at radius 2 is 2.00 bits per heavy atom. The second kappa shape index (κ2) is 2.70. The van der Waals surface area contributed by atoms with Crippen molar-refractivity contribution in [3.05, 3.63) is 0 Å². The molecule has 0 saturated heterocycles. The van der Waals surface area contributed by atoms with Crippen LogP contribution in [0.25, 0.3) is 0 Å². The molecule has 2 unspecified atom stereocenters. The molecule has 1 aliphatic carbocycles. The van der Waals surface area contributed by atoms with Gasteiger partial charge in [0.05, 0.1) is 5.54 Å². The van der Waals surface area contributed by atoms with Gasteiger partial charge in [0.25, 0.3) is 0 Å². The fourth-order valence-electron chi connectivity index (χ4n) is 2.01. The highest BCUT2D eigenvalue weighted by atomic mass is 16.1. The van der Waals surface area contributed by atoms with Crippen LogP contribution in [0.1, 0.15) is 40.5 Å². The summed E-state index contributed by atoms with van der Waals surface area (Å²) >= 11 is 0. The SMILES string of the molecule is CC1CCC(C)(N=C=O)C1(C)C. The fourth-order valence-corrected chi connectivity index (χ4v) is 2.01. The van der Waals surface area contributed by atoms with E-state index in [0.29, 0.717) is 5.92 Å². The average Bonchev–Trinajstić information content (AvgIpc) is 2.16. The van der Waals surface area contributed by atoms with Crippen LogP contribution in [0.15, 0.2) is 4.99 Å². The molecule has 0 N–H and O–H groups in total. The summed E-state index contributed by atoms with van der Waals surface area (Å²) in [5.74, 6) is 0.639. The van der Waals surface area contributed by atoms with Gasteiger partial charge < -0.3 is 0 Å². The van der Waals surface area contributed by atoms with Crippen LogP contribution in [0.5, 0.6) is 0 Å². The van der Waals surface area contributed by atoms with Crippen LogP contribution in [-0.2, 0) is 4.79 Å². The van der Waals surface area contributed by atoms with Gasteiger partial charge in [-0.25, -0.2) is 4.79 Å². The monoisotopic (exact) mass is 167 g/mol. The van der Waals surface area contributed by atoms with Crippen molar-refractivity contribution >= 4 is 6.08 Å². The zero-order valence-electron chi connectivity index (χ0n) is 8.35. The maximum Gasteiger partial charge on any atom is 0.235 e. The lowest BCUT2D eigenvalue weighted by molar-refractivity contribution is 0.178. The standard InChI is InChI=1S/C10H17NO/c1-8-5-6-10(4,11-7-12)9(8,2)3/h8H,5-6H2,1-4H3. The molecule has 0 aromatic carbocycles. The number of nitrogens with zero attached hydrogens (tertiary/aromatic N) is 1. The lowest BCUT2D eigenvalue weighted by Gasteiger charge is -2.36. The van der Waals surface area contributed by atoms with Gasteiger partial charge in [-0.3, -0.25) is 0 Å². The van der Waals surface area contributed by atoms with E-state index in [1.807, 2.05) is 0 Å². The van der Waals surface area contributed by atoms with E-state index >= 15 is 0 Å². The average molecular weight is 167 g/mol. The zero-order valence-corrected chi connectivity index (χ0v) is 8.35. The Morgan fingerprint density at radius 3 is 2.33 bits per heavy atom. The predicted octanol–water partition coefficient (Wildman–Crippen LogP) is 2.54. The van der Waals surface area contributed by atoms with E-state index in [9.17, 15) is 4.79 Å². The summed E-state index contributed by atoms with van der Waals surface area (Å²) in [6.07, 6.45) is 3.87. The number of hydrogen-bond acceptors (Lipinski definition) is 2. The molecule has 1 rings (SSSR count). The molecule has 0 aromatic rings. The van der Waals surface area contributed by atoms with Crippen LogP contribution in [0.2, 0.25) is 0 Å². The normalized spacial score (nSPS) is 39.2. The van der Waals surface area contributed by atoms with Crippen molar-refractivity contribution in [1.82, 2.24) is 0 Å². The third-order valence-corrected chi connectivity index (χ3v) is 3.98. The summed E-state index contributed by atoms with van der Waals surface area (Å²) < 4.78 is 0. The summed E-state index contributed by atoms with van der Waals surface area (Å²) in [5, 5.41) is 0. The van der Waals surface area contributed by atoms with E-state index in [0.717, 1.165) is 12.8 Å². The van der Waals surface area contributed by atoms with Crippen molar-refractivity contribution in [3.63, 3.8) is 0 Å². The van der Waals surface area contributed by atoms with Crippen molar-refractivity contribution in [1.29, 1.82) is 0 Å². The van der Waals surface area contributed by atoms with Crippen molar-refractivity contribution in [2.45, 2.75) is 46.1 Å². The highest BCUT2D eigenvalue weighted by molar-refractivity contribution is 5.35. The van der Waals surface area contributed by atoms with Gasteiger partial charge in [0.15, 0.2) is 0 Å². The first-order chi connectivity index (χ1) is 5.44. The summed E-state index contributed by atoms with van der Waals surface area (Å²) in [4.78, 5) is 14.2. The van der Waals surface area contributed by atoms with E-state index < -0.39 is 0 Å². The number of aliphatic imine (C=N–C) groups is 1. The molecule has 1 saturated carbocycles. The Labute approximate surface area is 74.1 Å². The van der Waals surface area contributed by atoms with Gasteiger partial charge in [0.1, 0.15) is 0 Å². The Morgan fingerprint density at radius 1 is 1.42 bits per heavy atom. The van der Waals surface area contributed by atoms with E-state index in [-0.39, 0.29) is 11.0 Å². The number of isocyanates is 1. The molecule has 0 aliphatic heterocycles. The summed E-state index contributed by atoms with van der Waals surface area (Å²) in [6, 6.07) is 0. The fraction of sp³-hybridized carbons (Fsp3) is 0.900. The van der Waals surface area contributed by atoms with Crippen molar-refractivity contribution in [2.75, 3.05) is 0 Å². The largest absolute Gasteiger partial charge is 0.235 e. The van der Waals surface area contributed by atoms with Crippen molar-refractivity contribution in [2.24, 2.45) is 16.3 Å². The van der Waals surface area contributed by atoms with E-state index in [4.69, 9.17) is 0 Å². The number of hydrogen-bond donors (Lipinski definition) is 0. The molecule has 0 heterocycles. The second-order valence-corrected chi connectivity index (χ2v) is 4.64. The van der Waals surface area contributed by atoms with Gasteiger partial charge >= 0.3 is 0 Å². The molecular weight excluding hydrogens is 150 g/mol. The first-order valence-electron chi connectivity index (χ1n) is 4.53. The number of rotatable bonds is 1. The van der Waals surface area contributed by atoms with E-state index in [2.05, 4.69) is 32.7 Å². The Balaban J connectivity index is 3.01. The van der Waals surface area contributed by atoms with Gasteiger partial charge in [-0.05, 0) is 31.1 Å². The molecule has 2 atom stereocenters. The molecule has 0 spiro atoms. The molecule has 1 fully saturated rings. The minimum Gasteiger partial charge on any atom is -0.211 e. The molecule has 2 heteroatoms. The molecule has 68 valence electrons. The molecule has 12 heavy (non-hydrogen) atoms. The molecule has 2 nitrogen and oxygen atoms in total. The van der Waals surface area contributed by atoms with E-state index in [1.54, 1.807) is 6.08 Å². The third-order valence-electron chi connectivity index (χ3n) is 3.98. The molecule has 0 bridgehead atoms. The summed E-state index contributed by atoms with van der Waals surface area (Å²) in [7, 11) is 0. The van der Waals surface area contributed by atoms with Crippen molar-refractivity contribution < 1.29 is 4.79 Å². The first kappa shape index (κ1) is 9.47. The third kappa shape index (κ3) is 1.11. The van der Waals surface area contributed by atoms with Gasteiger partial charge in [-0.15, -0.1) is 0 Å². The molecule has 0 radical (unpaired) electrons. The second-order valence-electron chi connectivity index (χ2n) is 4.64. The molecule has 0 amide bonds. The van der Waals surface area contributed by atoms with Crippen LogP contribution in [-0.4, -0.2) is 11.6 Å². The van der Waals surface area contributed by atoms with Crippen LogP contribution in [0.4, 0.5) is 0 Å². The van der Waals surface area contributed by atoms with Gasteiger partial charge in [0, 0.05) is 0 Å². The van der Waals surface area contributed by atoms with Gasteiger partial charge in [0.2, 0.25) is 6.08 Å².